The predicted molar refractivity (Wildman–Crippen MR) is 129 cm³/mol. The molecule has 3 aromatic rings. The van der Waals surface area contributed by atoms with Gasteiger partial charge in [-0.1, -0.05) is 113 Å². The SMILES string of the molecule is Cc1ccc(C=C2CC(=Cc3ccc(C)cc3)CN(C(C)c3ccccc3)C2)cc1. The Bertz CT molecular complexity index is 960. The summed E-state index contributed by atoms with van der Waals surface area (Å²) in [6.45, 7) is 8.63. The fraction of sp³-hybridized carbons (Fsp3) is 0.241. The van der Waals surface area contributed by atoms with Crippen LogP contribution >= 0.6 is 0 Å². The van der Waals surface area contributed by atoms with Crippen molar-refractivity contribution in [1.82, 2.24) is 4.90 Å². The molecule has 1 aliphatic rings. The first-order valence-electron chi connectivity index (χ1n) is 10.9. The highest BCUT2D eigenvalue weighted by Crippen LogP contribution is 2.31. The van der Waals surface area contributed by atoms with Crippen LogP contribution in [0.25, 0.3) is 12.2 Å². The zero-order valence-electron chi connectivity index (χ0n) is 18.3. The Balaban J connectivity index is 1.64. The van der Waals surface area contributed by atoms with Crippen molar-refractivity contribution in [3.05, 3.63) is 118 Å². The maximum Gasteiger partial charge on any atom is 0.0326 e. The van der Waals surface area contributed by atoms with Gasteiger partial charge in [0.1, 0.15) is 0 Å². The minimum Gasteiger partial charge on any atom is -0.289 e. The molecule has 1 atom stereocenters. The number of hydrogen-bond acceptors (Lipinski definition) is 1. The van der Waals surface area contributed by atoms with Crippen LogP contribution in [-0.2, 0) is 0 Å². The smallest absolute Gasteiger partial charge is 0.0326 e. The molecular weight excluding hydrogens is 362 g/mol. The first-order chi connectivity index (χ1) is 14.6. The van der Waals surface area contributed by atoms with E-state index < -0.39 is 0 Å². The molecule has 30 heavy (non-hydrogen) atoms. The second-order valence-corrected chi connectivity index (χ2v) is 8.59. The first-order valence-corrected chi connectivity index (χ1v) is 10.9. The molecular formula is C29H31N. The van der Waals surface area contributed by atoms with Gasteiger partial charge in [0, 0.05) is 19.1 Å². The van der Waals surface area contributed by atoms with E-state index in [1.165, 1.54) is 39.0 Å². The van der Waals surface area contributed by atoms with E-state index in [0.29, 0.717) is 6.04 Å². The number of benzene rings is 3. The van der Waals surface area contributed by atoms with Crippen LogP contribution in [0, 0.1) is 13.8 Å². The Labute approximate surface area is 181 Å². The van der Waals surface area contributed by atoms with Gasteiger partial charge < -0.3 is 0 Å². The van der Waals surface area contributed by atoms with E-state index in [1.54, 1.807) is 0 Å². The minimum atomic E-state index is 0.384. The second kappa shape index (κ2) is 9.28. The van der Waals surface area contributed by atoms with Crippen LogP contribution in [0.3, 0.4) is 0 Å². The van der Waals surface area contributed by atoms with Crippen LogP contribution in [0.1, 0.15) is 47.2 Å². The third-order valence-electron chi connectivity index (χ3n) is 5.99. The Morgan fingerprint density at radius 3 is 1.60 bits per heavy atom. The molecule has 0 bridgehead atoms. The van der Waals surface area contributed by atoms with Gasteiger partial charge in [0.25, 0.3) is 0 Å². The van der Waals surface area contributed by atoms with E-state index in [1.807, 2.05) is 0 Å². The molecule has 1 heterocycles. The normalized spacial score (nSPS) is 18.6. The molecule has 1 aliphatic heterocycles. The fourth-order valence-corrected chi connectivity index (χ4v) is 4.19. The molecule has 152 valence electrons. The molecule has 1 nitrogen and oxygen atoms in total. The van der Waals surface area contributed by atoms with Crippen molar-refractivity contribution in [2.45, 2.75) is 33.2 Å². The first kappa shape index (κ1) is 20.4. The molecule has 0 amide bonds. The van der Waals surface area contributed by atoms with Gasteiger partial charge in [-0.3, -0.25) is 4.90 Å². The van der Waals surface area contributed by atoms with Crippen molar-refractivity contribution in [2.75, 3.05) is 13.1 Å². The number of nitrogens with zero attached hydrogens (tertiary/aromatic N) is 1. The van der Waals surface area contributed by atoms with Crippen LogP contribution in [0.2, 0.25) is 0 Å². The molecule has 0 aromatic heterocycles. The molecule has 0 spiro atoms. The third kappa shape index (κ3) is 5.17. The summed E-state index contributed by atoms with van der Waals surface area (Å²) >= 11 is 0. The maximum atomic E-state index is 2.60. The third-order valence-corrected chi connectivity index (χ3v) is 5.99. The molecule has 1 fully saturated rings. The van der Waals surface area contributed by atoms with Crippen molar-refractivity contribution in [2.24, 2.45) is 0 Å². The van der Waals surface area contributed by atoms with Crippen LogP contribution < -0.4 is 0 Å². The predicted octanol–water partition coefficient (Wildman–Crippen LogP) is 7.24. The number of piperidine rings is 1. The van der Waals surface area contributed by atoms with Gasteiger partial charge in [0.2, 0.25) is 0 Å². The van der Waals surface area contributed by atoms with Crippen molar-refractivity contribution < 1.29 is 0 Å². The van der Waals surface area contributed by atoms with Gasteiger partial charge in [-0.05, 0) is 43.9 Å². The highest BCUT2D eigenvalue weighted by atomic mass is 15.2. The van der Waals surface area contributed by atoms with Gasteiger partial charge in [-0.2, -0.15) is 0 Å². The molecule has 3 aromatic carbocycles. The van der Waals surface area contributed by atoms with Crippen molar-refractivity contribution >= 4 is 12.2 Å². The molecule has 0 radical (unpaired) electrons. The van der Waals surface area contributed by atoms with Gasteiger partial charge in [0.05, 0.1) is 0 Å². The summed E-state index contributed by atoms with van der Waals surface area (Å²) in [6.07, 6.45) is 5.80. The summed E-state index contributed by atoms with van der Waals surface area (Å²) in [5, 5.41) is 0. The van der Waals surface area contributed by atoms with E-state index >= 15 is 0 Å². The van der Waals surface area contributed by atoms with Gasteiger partial charge in [-0.25, -0.2) is 0 Å². The van der Waals surface area contributed by atoms with Gasteiger partial charge >= 0.3 is 0 Å². The molecule has 0 aliphatic carbocycles. The van der Waals surface area contributed by atoms with Crippen LogP contribution in [0.4, 0.5) is 0 Å². The largest absolute Gasteiger partial charge is 0.289 e. The maximum absolute atomic E-state index is 2.60. The molecule has 1 heteroatoms. The Hall–Kier alpha value is -2.90. The topological polar surface area (TPSA) is 3.24 Å². The van der Waals surface area contributed by atoms with E-state index in [4.69, 9.17) is 0 Å². The Morgan fingerprint density at radius 1 is 0.667 bits per heavy atom. The van der Waals surface area contributed by atoms with E-state index in [0.717, 1.165) is 19.5 Å². The molecule has 4 rings (SSSR count). The van der Waals surface area contributed by atoms with Crippen LogP contribution in [0.5, 0.6) is 0 Å². The molecule has 1 saturated heterocycles. The van der Waals surface area contributed by atoms with Crippen LogP contribution in [0.15, 0.2) is 90.0 Å². The quantitative estimate of drug-likeness (QED) is 0.451. The number of likely N-dealkylation sites (tertiary alicyclic amines) is 1. The average molecular weight is 394 g/mol. The molecule has 0 N–H and O–H groups in total. The zero-order chi connectivity index (χ0) is 20.9. The van der Waals surface area contributed by atoms with E-state index in [2.05, 4.69) is 117 Å². The highest BCUT2D eigenvalue weighted by Gasteiger charge is 2.23. The lowest BCUT2D eigenvalue weighted by Crippen LogP contribution is -2.34. The van der Waals surface area contributed by atoms with Gasteiger partial charge in [-0.15, -0.1) is 0 Å². The standard InChI is InChI=1S/C29H31N/c1-22-9-13-25(14-10-22)17-27-19-28(18-26-15-11-23(2)12-16-26)21-30(20-27)24(3)29-7-5-4-6-8-29/h4-18,24H,19-21H2,1-3H3. The minimum absolute atomic E-state index is 0.384. The second-order valence-electron chi connectivity index (χ2n) is 8.59. The summed E-state index contributed by atoms with van der Waals surface area (Å²) in [4.78, 5) is 2.60. The van der Waals surface area contributed by atoms with Crippen molar-refractivity contribution in [3.63, 3.8) is 0 Å². The lowest BCUT2D eigenvalue weighted by Gasteiger charge is -2.35. The lowest BCUT2D eigenvalue weighted by atomic mass is 9.93. The van der Waals surface area contributed by atoms with E-state index in [-0.39, 0.29) is 0 Å². The molecule has 0 saturated carbocycles. The monoisotopic (exact) mass is 393 g/mol. The number of rotatable bonds is 4. The molecule has 1 unspecified atom stereocenters. The fourth-order valence-electron chi connectivity index (χ4n) is 4.19. The summed E-state index contributed by atoms with van der Waals surface area (Å²) < 4.78 is 0. The summed E-state index contributed by atoms with van der Waals surface area (Å²) in [6, 6.07) is 28.9. The Morgan fingerprint density at radius 2 is 1.13 bits per heavy atom. The summed E-state index contributed by atoms with van der Waals surface area (Å²) in [7, 11) is 0. The number of hydrogen-bond donors (Lipinski definition) is 0. The van der Waals surface area contributed by atoms with E-state index in [9.17, 15) is 0 Å². The lowest BCUT2D eigenvalue weighted by molar-refractivity contribution is 0.234. The average Bonchev–Trinajstić information content (AvgIpc) is 2.77. The van der Waals surface area contributed by atoms with Gasteiger partial charge in [0.15, 0.2) is 0 Å². The van der Waals surface area contributed by atoms with Crippen molar-refractivity contribution in [1.29, 1.82) is 0 Å². The summed E-state index contributed by atoms with van der Waals surface area (Å²) in [5.74, 6) is 0. The highest BCUT2D eigenvalue weighted by molar-refractivity contribution is 5.59. The zero-order valence-corrected chi connectivity index (χ0v) is 18.3. The number of aryl methyl sites for hydroxylation is 2. The van der Waals surface area contributed by atoms with Crippen molar-refractivity contribution in [3.8, 4) is 0 Å². The Kier molecular flexibility index (Phi) is 6.30. The summed E-state index contributed by atoms with van der Waals surface area (Å²) in [5.41, 5.74) is 9.53. The van der Waals surface area contributed by atoms with Crippen LogP contribution in [-0.4, -0.2) is 18.0 Å².